The Hall–Kier alpha value is -0.860. The van der Waals surface area contributed by atoms with Crippen LogP contribution in [0.1, 0.15) is 0 Å². The lowest BCUT2D eigenvalue weighted by Gasteiger charge is -2.24. The van der Waals surface area contributed by atoms with E-state index in [9.17, 15) is 0 Å². The average molecular weight is 386 g/mol. The summed E-state index contributed by atoms with van der Waals surface area (Å²) >= 11 is 1.74. The molecule has 0 unspecified atom stereocenters. The molecule has 1 aliphatic rings. The van der Waals surface area contributed by atoms with E-state index in [0.29, 0.717) is 4.48 Å². The zero-order valence-corrected chi connectivity index (χ0v) is 14.0. The van der Waals surface area contributed by atoms with Crippen molar-refractivity contribution in [2.75, 3.05) is 26.5 Å². The van der Waals surface area contributed by atoms with Gasteiger partial charge in [-0.1, -0.05) is 29.0 Å². The molecule has 0 saturated carbocycles. The van der Waals surface area contributed by atoms with Gasteiger partial charge in [0.15, 0.2) is 5.82 Å². The van der Waals surface area contributed by atoms with E-state index >= 15 is 0 Å². The Morgan fingerprint density at radius 3 is 2.53 bits per heavy atom. The molecule has 4 nitrogen and oxygen atoms in total. The summed E-state index contributed by atoms with van der Waals surface area (Å²) in [5.41, 5.74) is 1.10. The molecule has 3 rings (SSSR count). The number of nitrogens with one attached hydrogen (secondary N) is 1. The molecule has 1 aliphatic heterocycles. The average Bonchev–Trinajstić information content (AvgIpc) is 2.34. The number of nitrogens with zero attached hydrogens (tertiary/aromatic N) is 3. The molecule has 0 aliphatic carbocycles. The first-order valence-corrected chi connectivity index (χ1v) is 6.59. The first-order valence-electron chi connectivity index (χ1n) is 5.78. The minimum Gasteiger partial charge on any atom is -1.00 e. The number of anilines is 2. The monoisotopic (exact) mass is 386 g/mol. The molecule has 0 spiro atoms. The fourth-order valence-electron chi connectivity index (χ4n) is 1.76. The molecule has 0 bridgehead atoms. The number of rotatable bonds is 1. The van der Waals surface area contributed by atoms with Crippen molar-refractivity contribution in [1.29, 1.82) is 0 Å². The maximum absolute atomic E-state index is 4.29. The lowest BCUT2D eigenvalue weighted by atomic mass is 10.3. The Labute approximate surface area is 134 Å². The highest BCUT2D eigenvalue weighted by Crippen LogP contribution is 2.43. The van der Waals surface area contributed by atoms with E-state index < -0.39 is 0 Å². The third-order valence-electron chi connectivity index (χ3n) is 2.79. The van der Waals surface area contributed by atoms with E-state index in [1.165, 1.54) is 4.90 Å². The van der Waals surface area contributed by atoms with E-state index in [1.807, 2.05) is 12.1 Å². The van der Waals surface area contributed by atoms with E-state index in [1.54, 1.807) is 11.8 Å². The lowest BCUT2D eigenvalue weighted by Crippen LogP contribution is -3.00. The first kappa shape index (κ1) is 14.5. The van der Waals surface area contributed by atoms with Crippen LogP contribution in [-0.4, -0.2) is 31.3 Å². The number of quaternary nitrogens is 1. The zero-order valence-electron chi connectivity index (χ0n) is 11.0. The summed E-state index contributed by atoms with van der Waals surface area (Å²) in [5.74, 6) is 1.80. The van der Waals surface area contributed by atoms with E-state index in [2.05, 4.69) is 54.9 Å². The highest BCUT2D eigenvalue weighted by atomic mass is 127. The molecule has 0 atom stereocenters. The maximum atomic E-state index is 4.29. The van der Waals surface area contributed by atoms with Crippen LogP contribution in [0.2, 0.25) is 0 Å². The zero-order chi connectivity index (χ0) is 12.8. The Bertz CT molecular complexity index is 610. The predicted octanol–water partition coefficient (Wildman–Crippen LogP) is -0.115. The second kappa shape index (κ2) is 5.26. The standard InChI is InChI=1S/C13H15N4S.HI/c1-17(2,3)12-8-11-13(16-15-12)14-9-6-4-5-7-10(9)18-11;/h4-8H,1-3H3,(H,14,16);1H/q+1;/p-1. The number of para-hydroxylation sites is 1. The topological polar surface area (TPSA) is 37.8 Å². The van der Waals surface area contributed by atoms with Crippen molar-refractivity contribution < 1.29 is 24.0 Å². The van der Waals surface area contributed by atoms with Gasteiger partial charge < -0.3 is 29.3 Å². The largest absolute Gasteiger partial charge is 1.00 e. The fourth-order valence-corrected chi connectivity index (χ4v) is 2.73. The fraction of sp³-hybridized carbons (Fsp3) is 0.231. The summed E-state index contributed by atoms with van der Waals surface area (Å²) < 4.78 is 0.669. The summed E-state index contributed by atoms with van der Waals surface area (Å²) in [5, 5.41) is 11.9. The molecule has 100 valence electrons. The van der Waals surface area contributed by atoms with Crippen LogP contribution in [0.3, 0.4) is 0 Å². The summed E-state index contributed by atoms with van der Waals surface area (Å²) in [6, 6.07) is 10.3. The SMILES string of the molecule is C[N+](C)(C)c1cc2c(nn1)Nc1ccccc1S2.[I-]. The van der Waals surface area contributed by atoms with Crippen molar-refractivity contribution in [2.45, 2.75) is 9.79 Å². The predicted molar refractivity (Wildman–Crippen MR) is 75.4 cm³/mol. The third-order valence-corrected chi connectivity index (χ3v) is 3.90. The molecule has 1 N–H and O–H groups in total. The van der Waals surface area contributed by atoms with Gasteiger partial charge in [-0.2, -0.15) is 0 Å². The molecule has 1 aromatic heterocycles. The van der Waals surface area contributed by atoms with Crippen LogP contribution >= 0.6 is 11.8 Å². The smallest absolute Gasteiger partial charge is 0.247 e. The van der Waals surface area contributed by atoms with Crippen molar-refractivity contribution >= 4 is 29.1 Å². The van der Waals surface area contributed by atoms with Crippen molar-refractivity contribution in [2.24, 2.45) is 0 Å². The molecule has 2 aromatic rings. The van der Waals surface area contributed by atoms with Crippen LogP contribution in [0.15, 0.2) is 40.1 Å². The van der Waals surface area contributed by atoms with Crippen molar-refractivity contribution in [1.82, 2.24) is 14.7 Å². The number of hydrogen-bond donors (Lipinski definition) is 1. The second-order valence-electron chi connectivity index (χ2n) is 5.15. The third kappa shape index (κ3) is 2.85. The number of benzene rings is 1. The van der Waals surface area contributed by atoms with Gasteiger partial charge in [0.25, 0.3) is 0 Å². The molecule has 0 amide bonds. The van der Waals surface area contributed by atoms with Crippen molar-refractivity contribution in [3.63, 3.8) is 0 Å². The maximum Gasteiger partial charge on any atom is 0.247 e. The van der Waals surface area contributed by atoms with E-state index in [-0.39, 0.29) is 24.0 Å². The molecular weight excluding hydrogens is 371 g/mol. The van der Waals surface area contributed by atoms with Crippen LogP contribution in [0, 0.1) is 0 Å². The Balaban J connectivity index is 0.00000133. The van der Waals surface area contributed by atoms with Gasteiger partial charge in [-0.3, -0.25) is 4.48 Å². The first-order chi connectivity index (χ1) is 8.54. The molecule has 2 heterocycles. The number of halogens is 1. The molecule has 19 heavy (non-hydrogen) atoms. The second-order valence-corrected chi connectivity index (χ2v) is 6.23. The molecule has 0 fully saturated rings. The Morgan fingerprint density at radius 2 is 1.79 bits per heavy atom. The highest BCUT2D eigenvalue weighted by molar-refractivity contribution is 7.99. The summed E-state index contributed by atoms with van der Waals surface area (Å²) in [6.07, 6.45) is 0. The van der Waals surface area contributed by atoms with Crippen molar-refractivity contribution in [3.8, 4) is 0 Å². The quantitative estimate of drug-likeness (QED) is 0.468. The van der Waals surface area contributed by atoms with Crippen LogP contribution in [0.25, 0.3) is 0 Å². The van der Waals surface area contributed by atoms with Gasteiger partial charge in [-0.05, 0) is 12.1 Å². The minimum absolute atomic E-state index is 0. The van der Waals surface area contributed by atoms with Gasteiger partial charge in [-0.15, -0.1) is 5.10 Å². The minimum atomic E-state index is 0. The Morgan fingerprint density at radius 1 is 1.05 bits per heavy atom. The number of fused-ring (bicyclic) bond motifs is 2. The van der Waals surface area contributed by atoms with Crippen molar-refractivity contribution in [3.05, 3.63) is 30.3 Å². The van der Waals surface area contributed by atoms with E-state index in [4.69, 9.17) is 0 Å². The molecule has 6 heteroatoms. The summed E-state index contributed by atoms with van der Waals surface area (Å²) in [4.78, 5) is 2.36. The summed E-state index contributed by atoms with van der Waals surface area (Å²) in [7, 11) is 6.27. The van der Waals surface area contributed by atoms with Gasteiger partial charge in [-0.25, -0.2) is 0 Å². The number of aromatic nitrogens is 2. The van der Waals surface area contributed by atoms with E-state index in [0.717, 1.165) is 22.2 Å². The van der Waals surface area contributed by atoms with Gasteiger partial charge in [0.1, 0.15) is 0 Å². The van der Waals surface area contributed by atoms with Gasteiger partial charge in [0, 0.05) is 11.0 Å². The van der Waals surface area contributed by atoms with Gasteiger partial charge in [0.05, 0.1) is 31.7 Å². The van der Waals surface area contributed by atoms with Crippen LogP contribution < -0.4 is 33.8 Å². The summed E-state index contributed by atoms with van der Waals surface area (Å²) in [6.45, 7) is 0. The van der Waals surface area contributed by atoms with Gasteiger partial charge in [0.2, 0.25) is 5.82 Å². The molecule has 0 radical (unpaired) electrons. The Kier molecular flexibility index (Phi) is 4.03. The van der Waals surface area contributed by atoms with Crippen LogP contribution in [0.5, 0.6) is 0 Å². The molecule has 1 aromatic carbocycles. The highest BCUT2D eigenvalue weighted by Gasteiger charge is 2.22. The lowest BCUT2D eigenvalue weighted by molar-refractivity contribution is -0.00000395. The van der Waals surface area contributed by atoms with Gasteiger partial charge >= 0.3 is 0 Å². The molecule has 0 saturated heterocycles. The number of hydrogen-bond acceptors (Lipinski definition) is 4. The van der Waals surface area contributed by atoms with Crippen LogP contribution in [-0.2, 0) is 0 Å². The molecular formula is C13H15IN4S. The normalized spacial score (nSPS) is 12.8. The van der Waals surface area contributed by atoms with Crippen LogP contribution in [0.4, 0.5) is 17.3 Å².